The van der Waals surface area contributed by atoms with Gasteiger partial charge in [0, 0.05) is 36.8 Å². The van der Waals surface area contributed by atoms with Crippen molar-refractivity contribution in [3.8, 4) is 0 Å². The van der Waals surface area contributed by atoms with Gasteiger partial charge in [0.2, 0.25) is 11.5 Å². The van der Waals surface area contributed by atoms with Crippen LogP contribution < -0.4 is 5.56 Å². The maximum atomic E-state index is 12.6. The molecule has 23 heavy (non-hydrogen) atoms. The molecule has 1 saturated heterocycles. The Balaban J connectivity index is 1.74. The number of piperidine rings is 1. The molecule has 1 atom stereocenters. The molecule has 1 fully saturated rings. The number of carbonyl (C=O) groups excluding carboxylic acids is 1. The number of imidazole rings is 1. The monoisotopic (exact) mass is 313 g/mol. The van der Waals surface area contributed by atoms with Gasteiger partial charge in [0.25, 0.3) is 11.5 Å². The molecule has 8 nitrogen and oxygen atoms in total. The van der Waals surface area contributed by atoms with Gasteiger partial charge >= 0.3 is 0 Å². The quantitative estimate of drug-likeness (QED) is 0.771. The summed E-state index contributed by atoms with van der Waals surface area (Å²) < 4.78 is 6.42. The summed E-state index contributed by atoms with van der Waals surface area (Å²) >= 11 is 0. The highest BCUT2D eigenvalue weighted by Crippen LogP contribution is 2.30. The van der Waals surface area contributed by atoms with Crippen molar-refractivity contribution in [3.63, 3.8) is 0 Å². The Hall–Kier alpha value is -2.90. The van der Waals surface area contributed by atoms with Crippen LogP contribution in [0.15, 0.2) is 40.0 Å². The maximum Gasteiger partial charge on any atom is 0.293 e. The van der Waals surface area contributed by atoms with Crippen molar-refractivity contribution in [2.24, 2.45) is 0 Å². The first-order valence-electron chi connectivity index (χ1n) is 7.52. The fourth-order valence-corrected chi connectivity index (χ4v) is 3.09. The summed E-state index contributed by atoms with van der Waals surface area (Å²) in [6.45, 7) is 0.617. The minimum atomic E-state index is -0.212. The van der Waals surface area contributed by atoms with Crippen LogP contribution in [0.5, 0.6) is 0 Å². The predicted molar refractivity (Wildman–Crippen MR) is 79.9 cm³/mol. The molecule has 1 N–H and O–H groups in total. The van der Waals surface area contributed by atoms with Gasteiger partial charge < -0.3 is 14.4 Å². The third kappa shape index (κ3) is 2.32. The number of nitrogens with zero attached hydrogens (tertiary/aromatic N) is 4. The van der Waals surface area contributed by atoms with Crippen LogP contribution >= 0.6 is 0 Å². The van der Waals surface area contributed by atoms with Gasteiger partial charge in [0.05, 0.1) is 12.2 Å². The van der Waals surface area contributed by atoms with Crippen LogP contribution in [0.3, 0.4) is 0 Å². The number of carbonyl (C=O) groups is 1. The zero-order chi connectivity index (χ0) is 15.8. The van der Waals surface area contributed by atoms with Crippen molar-refractivity contribution in [2.45, 2.75) is 25.3 Å². The molecule has 1 aliphatic rings. The van der Waals surface area contributed by atoms with E-state index in [1.54, 1.807) is 23.4 Å². The van der Waals surface area contributed by atoms with E-state index in [9.17, 15) is 9.59 Å². The van der Waals surface area contributed by atoms with Crippen molar-refractivity contribution >= 4 is 11.7 Å². The largest absolute Gasteiger partial charge is 0.351 e. The fraction of sp³-hybridized carbons (Fsp3) is 0.333. The first kappa shape index (κ1) is 13.7. The van der Waals surface area contributed by atoms with Crippen molar-refractivity contribution in [1.82, 2.24) is 24.4 Å². The van der Waals surface area contributed by atoms with E-state index >= 15 is 0 Å². The molecule has 0 bridgehead atoms. The molecule has 0 aliphatic carbocycles. The lowest BCUT2D eigenvalue weighted by molar-refractivity contribution is 0.0564. The molecule has 4 rings (SSSR count). The van der Waals surface area contributed by atoms with Crippen LogP contribution in [0, 0.1) is 0 Å². The number of aromatic amines is 1. The highest BCUT2D eigenvalue weighted by Gasteiger charge is 2.31. The van der Waals surface area contributed by atoms with E-state index in [2.05, 4.69) is 15.1 Å². The van der Waals surface area contributed by atoms with Crippen LogP contribution in [-0.4, -0.2) is 36.9 Å². The van der Waals surface area contributed by atoms with Crippen molar-refractivity contribution in [1.29, 1.82) is 0 Å². The Morgan fingerprint density at radius 1 is 1.35 bits per heavy atom. The molecule has 0 radical (unpaired) electrons. The number of nitrogens with one attached hydrogen (secondary N) is 1. The van der Waals surface area contributed by atoms with E-state index in [1.807, 2.05) is 0 Å². The molecule has 1 aliphatic heterocycles. The zero-order valence-electron chi connectivity index (χ0n) is 12.3. The second-order valence-electron chi connectivity index (χ2n) is 5.57. The standard InChI is InChI=1S/C15H15N5O3/c21-13-9-10(18-15-16-6-8-20(13)15)11-3-1-2-7-19(11)14(22)12-4-5-17-23-12/h4-6,8-9,11H,1-3,7H2,(H,16,18)/t11-/m1/s1. The van der Waals surface area contributed by atoms with Gasteiger partial charge in [-0.1, -0.05) is 5.16 Å². The van der Waals surface area contributed by atoms with E-state index in [-0.39, 0.29) is 23.3 Å². The van der Waals surface area contributed by atoms with Gasteiger partial charge in [0.1, 0.15) is 0 Å². The Kier molecular flexibility index (Phi) is 3.22. The van der Waals surface area contributed by atoms with Crippen LogP contribution in [0.25, 0.3) is 5.78 Å². The SMILES string of the molecule is O=C(c1ccno1)N1CCCC[C@@H]1c1cc(=O)n2ccnc2[nH]1. The Labute approximate surface area is 130 Å². The smallest absolute Gasteiger partial charge is 0.293 e. The molecular formula is C15H15N5O3. The van der Waals surface area contributed by atoms with Gasteiger partial charge in [-0.2, -0.15) is 0 Å². The summed E-state index contributed by atoms with van der Waals surface area (Å²) in [6, 6.07) is 2.88. The number of likely N-dealkylation sites (tertiary alicyclic amines) is 1. The molecule has 0 aromatic carbocycles. The molecule has 0 unspecified atom stereocenters. The number of H-pyrrole nitrogens is 1. The Morgan fingerprint density at radius 3 is 3.09 bits per heavy atom. The number of amides is 1. The van der Waals surface area contributed by atoms with Gasteiger partial charge in [-0.05, 0) is 19.3 Å². The highest BCUT2D eigenvalue weighted by molar-refractivity contribution is 5.91. The molecule has 0 spiro atoms. The zero-order valence-corrected chi connectivity index (χ0v) is 12.3. The second kappa shape index (κ2) is 5.38. The topological polar surface area (TPSA) is 96.5 Å². The Morgan fingerprint density at radius 2 is 2.26 bits per heavy atom. The predicted octanol–water partition coefficient (Wildman–Crippen LogP) is 1.38. The van der Waals surface area contributed by atoms with Crippen LogP contribution in [0.2, 0.25) is 0 Å². The number of aromatic nitrogens is 4. The van der Waals surface area contributed by atoms with Gasteiger partial charge in [-0.25, -0.2) is 4.98 Å². The van der Waals surface area contributed by atoms with Crippen molar-refractivity contribution < 1.29 is 9.32 Å². The maximum absolute atomic E-state index is 12.6. The highest BCUT2D eigenvalue weighted by atomic mass is 16.5. The lowest BCUT2D eigenvalue weighted by Crippen LogP contribution is -2.39. The number of hydrogen-bond acceptors (Lipinski definition) is 5. The lowest BCUT2D eigenvalue weighted by Gasteiger charge is -2.35. The lowest BCUT2D eigenvalue weighted by atomic mass is 9.98. The van der Waals surface area contributed by atoms with E-state index in [4.69, 9.17) is 4.52 Å². The molecule has 8 heteroatoms. The summed E-state index contributed by atoms with van der Waals surface area (Å²) in [5, 5.41) is 3.59. The first-order valence-corrected chi connectivity index (χ1v) is 7.52. The minimum Gasteiger partial charge on any atom is -0.351 e. The molecule has 3 aromatic heterocycles. The second-order valence-corrected chi connectivity index (χ2v) is 5.57. The summed E-state index contributed by atoms with van der Waals surface area (Å²) in [7, 11) is 0. The molecule has 1 amide bonds. The molecule has 3 aromatic rings. The average Bonchev–Trinajstić information content (AvgIpc) is 3.25. The summed E-state index contributed by atoms with van der Waals surface area (Å²) in [6.07, 6.45) is 7.32. The molecule has 0 saturated carbocycles. The van der Waals surface area contributed by atoms with Gasteiger partial charge in [-0.15, -0.1) is 0 Å². The number of hydrogen-bond donors (Lipinski definition) is 1. The minimum absolute atomic E-state index is 0.163. The molecular weight excluding hydrogens is 298 g/mol. The third-order valence-corrected chi connectivity index (χ3v) is 4.18. The summed E-state index contributed by atoms with van der Waals surface area (Å²) in [5.74, 6) is 0.475. The molecule has 4 heterocycles. The van der Waals surface area contributed by atoms with Crippen LogP contribution in [0.1, 0.15) is 41.6 Å². The summed E-state index contributed by atoms with van der Waals surface area (Å²) in [4.78, 5) is 33.8. The van der Waals surface area contributed by atoms with Gasteiger partial charge in [0.15, 0.2) is 0 Å². The van der Waals surface area contributed by atoms with E-state index < -0.39 is 0 Å². The van der Waals surface area contributed by atoms with E-state index in [0.29, 0.717) is 18.0 Å². The van der Waals surface area contributed by atoms with Crippen LogP contribution in [0.4, 0.5) is 0 Å². The van der Waals surface area contributed by atoms with Gasteiger partial charge in [-0.3, -0.25) is 14.0 Å². The third-order valence-electron chi connectivity index (χ3n) is 4.18. The van der Waals surface area contributed by atoms with Crippen molar-refractivity contribution in [3.05, 3.63) is 52.5 Å². The van der Waals surface area contributed by atoms with E-state index in [0.717, 1.165) is 19.3 Å². The fourth-order valence-electron chi connectivity index (χ4n) is 3.09. The first-order chi connectivity index (χ1) is 11.2. The number of fused-ring (bicyclic) bond motifs is 1. The summed E-state index contributed by atoms with van der Waals surface area (Å²) in [5.41, 5.74) is 0.533. The van der Waals surface area contributed by atoms with E-state index in [1.165, 1.54) is 16.7 Å². The average molecular weight is 313 g/mol. The Bertz CT molecular complexity index is 895. The van der Waals surface area contributed by atoms with Crippen molar-refractivity contribution in [2.75, 3.05) is 6.54 Å². The normalized spacial score (nSPS) is 18.4. The van der Waals surface area contributed by atoms with Crippen LogP contribution in [-0.2, 0) is 0 Å². The molecule has 118 valence electrons. The number of rotatable bonds is 2.